The van der Waals surface area contributed by atoms with E-state index in [1.54, 1.807) is 0 Å². The maximum Gasteiger partial charge on any atom is 0.578 e. The lowest BCUT2D eigenvalue weighted by Crippen LogP contribution is -2.50. The number of hydrogen-bond acceptors (Lipinski definition) is 1. The van der Waals surface area contributed by atoms with Crippen molar-refractivity contribution in [1.29, 1.82) is 0 Å². The highest BCUT2D eigenvalue weighted by Crippen LogP contribution is 2.54. The Morgan fingerprint density at radius 2 is 1.22 bits per heavy atom. The quantitative estimate of drug-likeness (QED) is 0.448. The van der Waals surface area contributed by atoms with Crippen molar-refractivity contribution in [2.45, 2.75) is 28.4 Å². The molecule has 1 nitrogen and oxygen atoms in total. The van der Waals surface area contributed by atoms with Gasteiger partial charge in [0.15, 0.2) is 4.90 Å². The van der Waals surface area contributed by atoms with Crippen LogP contribution in [0, 0.1) is 0 Å². The van der Waals surface area contributed by atoms with Crippen LogP contribution in [0.3, 0.4) is 0 Å². The van der Waals surface area contributed by atoms with Crippen molar-refractivity contribution in [1.82, 2.24) is 0 Å². The van der Waals surface area contributed by atoms with Gasteiger partial charge in [0, 0.05) is 22.2 Å². The Balaban J connectivity index is 3.62. The Morgan fingerprint density at radius 3 is 1.57 bits per heavy atom. The first-order valence-corrected chi connectivity index (χ1v) is 7.08. The van der Waals surface area contributed by atoms with Crippen molar-refractivity contribution < 1.29 is 48.5 Å². The molecule has 0 spiro atoms. The molecule has 0 bridgehead atoms. The van der Waals surface area contributed by atoms with E-state index in [1.807, 2.05) is 0 Å². The second-order valence-corrected chi connectivity index (χ2v) is 6.43. The molecule has 1 unspecified atom stereocenters. The van der Waals surface area contributed by atoms with Gasteiger partial charge in [0.1, 0.15) is 0 Å². The molecule has 1 atom stereocenters. The molecule has 0 amide bonds. The lowest BCUT2D eigenvalue weighted by Gasteiger charge is -2.30. The van der Waals surface area contributed by atoms with E-state index in [1.165, 1.54) is 0 Å². The first-order valence-electron chi connectivity index (χ1n) is 5.14. The standard InChI is InChI=1S/C10H3BrF10OS/c11-5-1-4(2-6(3-5)23(22)10(19,20)21)7(12,8(13,14)15)9(16,17)18/h1-3H. The summed E-state index contributed by atoms with van der Waals surface area (Å²) >= 11 is -1.57. The van der Waals surface area contributed by atoms with Gasteiger partial charge in [0.25, 0.3) is 0 Å². The molecule has 0 radical (unpaired) electrons. The zero-order valence-electron chi connectivity index (χ0n) is 10.2. The third-order valence-corrected chi connectivity index (χ3v) is 4.02. The molecule has 0 aliphatic heterocycles. The van der Waals surface area contributed by atoms with E-state index in [0.29, 0.717) is 6.07 Å². The molecule has 13 heteroatoms. The number of hydrogen-bond donors (Lipinski definition) is 0. The molecule has 1 aromatic rings. The Kier molecular flexibility index (Phi) is 5.30. The SMILES string of the molecule is [O-][S+](c1cc(Br)cc(C(F)(C(F)(F)F)C(F)(F)F)c1)C(F)(F)F. The summed E-state index contributed by atoms with van der Waals surface area (Å²) in [5.41, 5.74) is -13.5. The van der Waals surface area contributed by atoms with Crippen molar-refractivity contribution in [2.75, 3.05) is 0 Å². The first-order chi connectivity index (χ1) is 10.0. The summed E-state index contributed by atoms with van der Waals surface area (Å²) in [6.07, 6.45) is -13.0. The van der Waals surface area contributed by atoms with Crippen molar-refractivity contribution in [3.05, 3.63) is 28.2 Å². The molecular weight excluding hydrogens is 438 g/mol. The predicted octanol–water partition coefficient (Wildman–Crippen LogP) is 5.37. The Morgan fingerprint density at radius 1 is 0.783 bits per heavy atom. The Bertz CT molecular complexity index is 564. The highest BCUT2D eigenvalue weighted by molar-refractivity contribution is 9.10. The monoisotopic (exact) mass is 440 g/mol. The van der Waals surface area contributed by atoms with Gasteiger partial charge in [0.05, 0.1) is 11.2 Å². The summed E-state index contributed by atoms with van der Waals surface area (Å²) in [6, 6.07) is 0.00760. The third kappa shape index (κ3) is 3.87. The van der Waals surface area contributed by atoms with Gasteiger partial charge in [0.2, 0.25) is 0 Å². The molecule has 0 fully saturated rings. The summed E-state index contributed by atoms with van der Waals surface area (Å²) in [6.45, 7) is 0. The van der Waals surface area contributed by atoms with Crippen LogP contribution >= 0.6 is 15.9 Å². The first kappa shape index (κ1) is 20.4. The summed E-state index contributed by atoms with van der Waals surface area (Å²) in [5.74, 6) is 0. The van der Waals surface area contributed by atoms with Crippen LogP contribution in [0.1, 0.15) is 5.56 Å². The average molecular weight is 441 g/mol. The van der Waals surface area contributed by atoms with Crippen LogP contribution in [-0.2, 0) is 16.8 Å². The summed E-state index contributed by atoms with van der Waals surface area (Å²) < 4.78 is 137. The van der Waals surface area contributed by atoms with E-state index in [2.05, 4.69) is 15.9 Å². The fourth-order valence-corrected chi connectivity index (χ4v) is 2.87. The minimum absolute atomic E-state index is 0.0120. The predicted molar refractivity (Wildman–Crippen MR) is 61.5 cm³/mol. The molecule has 132 valence electrons. The molecular formula is C10H3BrF10OS. The van der Waals surface area contributed by atoms with Crippen LogP contribution in [-0.4, -0.2) is 22.4 Å². The summed E-state index contributed by atoms with van der Waals surface area (Å²) in [4.78, 5) is -1.46. The Labute approximate surface area is 133 Å². The van der Waals surface area contributed by atoms with Crippen LogP contribution in [0.5, 0.6) is 0 Å². The van der Waals surface area contributed by atoms with Crippen LogP contribution in [0.2, 0.25) is 0 Å². The number of halogens is 11. The van der Waals surface area contributed by atoms with Gasteiger partial charge in [-0.15, -0.1) is 13.2 Å². The zero-order valence-corrected chi connectivity index (χ0v) is 12.6. The average Bonchev–Trinajstić information content (AvgIpc) is 2.32. The van der Waals surface area contributed by atoms with Crippen molar-refractivity contribution >= 4 is 27.1 Å². The fourth-order valence-electron chi connectivity index (χ4n) is 1.49. The van der Waals surface area contributed by atoms with E-state index in [0.717, 1.165) is 0 Å². The van der Waals surface area contributed by atoms with E-state index < -0.39 is 49.6 Å². The smallest absolute Gasteiger partial charge is 0.578 e. The van der Waals surface area contributed by atoms with Crippen LogP contribution in [0.15, 0.2) is 27.6 Å². The molecule has 0 aromatic heterocycles. The minimum Gasteiger partial charge on any atom is -0.604 e. The largest absolute Gasteiger partial charge is 0.604 e. The lowest BCUT2D eigenvalue weighted by molar-refractivity contribution is -0.348. The van der Waals surface area contributed by atoms with Crippen molar-refractivity contribution in [2.24, 2.45) is 0 Å². The highest BCUT2D eigenvalue weighted by Gasteiger charge is 2.73. The molecule has 0 aliphatic carbocycles. The Hall–Kier alpha value is -0.690. The molecule has 1 aromatic carbocycles. The van der Waals surface area contributed by atoms with Crippen LogP contribution in [0.25, 0.3) is 0 Å². The minimum atomic E-state index is -6.50. The molecule has 0 saturated carbocycles. The summed E-state index contributed by atoms with van der Waals surface area (Å²) in [5, 5.41) is 0. The van der Waals surface area contributed by atoms with E-state index in [4.69, 9.17) is 0 Å². The van der Waals surface area contributed by atoms with Gasteiger partial charge in [-0.3, -0.25) is 0 Å². The van der Waals surface area contributed by atoms with E-state index >= 15 is 0 Å². The van der Waals surface area contributed by atoms with Crippen LogP contribution < -0.4 is 0 Å². The molecule has 0 saturated heterocycles. The maximum atomic E-state index is 13.8. The molecule has 1 rings (SSSR count). The number of alkyl halides is 10. The normalized spacial score (nSPS) is 15.7. The molecule has 0 heterocycles. The van der Waals surface area contributed by atoms with Gasteiger partial charge in [-0.1, -0.05) is 15.9 Å². The molecule has 0 aliphatic rings. The second kappa shape index (κ2) is 5.99. The highest BCUT2D eigenvalue weighted by atomic mass is 79.9. The molecule has 23 heavy (non-hydrogen) atoms. The van der Waals surface area contributed by atoms with Gasteiger partial charge < -0.3 is 4.55 Å². The molecule has 0 N–H and O–H groups in total. The van der Waals surface area contributed by atoms with Gasteiger partial charge >= 0.3 is 23.5 Å². The van der Waals surface area contributed by atoms with E-state index in [9.17, 15) is 48.5 Å². The summed E-state index contributed by atoms with van der Waals surface area (Å²) in [7, 11) is 0. The topological polar surface area (TPSA) is 23.1 Å². The third-order valence-electron chi connectivity index (χ3n) is 2.47. The number of rotatable bonds is 2. The lowest BCUT2D eigenvalue weighted by atomic mass is 9.94. The van der Waals surface area contributed by atoms with Gasteiger partial charge in [-0.25, -0.2) is 4.39 Å². The zero-order chi connectivity index (χ0) is 18.4. The fraction of sp³-hybridized carbons (Fsp3) is 0.400. The van der Waals surface area contributed by atoms with Gasteiger partial charge in [-0.05, 0) is 6.07 Å². The second-order valence-electron chi connectivity index (χ2n) is 4.04. The van der Waals surface area contributed by atoms with Crippen molar-refractivity contribution in [3.8, 4) is 0 Å². The number of benzene rings is 1. The van der Waals surface area contributed by atoms with Crippen LogP contribution in [0.4, 0.5) is 43.9 Å². The maximum absolute atomic E-state index is 13.8. The van der Waals surface area contributed by atoms with Crippen molar-refractivity contribution in [3.63, 3.8) is 0 Å². The van der Waals surface area contributed by atoms with E-state index in [-0.39, 0.29) is 12.1 Å². The van der Waals surface area contributed by atoms with Gasteiger partial charge in [-0.2, -0.15) is 26.3 Å².